The normalized spacial score (nSPS) is 15.2. The molecule has 6 heteroatoms. The molecule has 1 aliphatic rings. The molecule has 0 atom stereocenters. The maximum Gasteiger partial charge on any atom is 0.340 e. The molecule has 132 valence electrons. The Balaban J connectivity index is 1.56. The van der Waals surface area contributed by atoms with E-state index < -0.39 is 5.97 Å². The Hall–Kier alpha value is -2.19. The van der Waals surface area contributed by atoms with Gasteiger partial charge in [-0.05, 0) is 33.7 Å². The predicted octanol–water partition coefficient (Wildman–Crippen LogP) is 3.83. The highest BCUT2D eigenvalue weighted by Crippen LogP contribution is 2.36. The van der Waals surface area contributed by atoms with Gasteiger partial charge >= 0.3 is 5.97 Å². The van der Waals surface area contributed by atoms with E-state index >= 15 is 0 Å². The predicted molar refractivity (Wildman–Crippen MR) is 107 cm³/mol. The van der Waals surface area contributed by atoms with Crippen LogP contribution in [-0.4, -0.2) is 38.8 Å². The average molecular weight is 459 g/mol. The number of aromatic nitrogens is 2. The van der Waals surface area contributed by atoms with Gasteiger partial charge < -0.3 is 5.11 Å². The van der Waals surface area contributed by atoms with E-state index in [-0.39, 0.29) is 17.6 Å². The average Bonchev–Trinajstić information content (AvgIpc) is 3.00. The Morgan fingerprint density at radius 1 is 1.04 bits per heavy atom. The number of carbonyl (C=O) groups is 1. The molecule has 1 N–H and O–H groups in total. The van der Waals surface area contributed by atoms with E-state index in [0.29, 0.717) is 3.70 Å². The lowest BCUT2D eigenvalue weighted by molar-refractivity contribution is 0.0669. The van der Waals surface area contributed by atoms with Gasteiger partial charge in [-0.3, -0.25) is 9.58 Å². The summed E-state index contributed by atoms with van der Waals surface area (Å²) >= 11 is 1.98. The molecular formula is C20H18IN3O2. The number of likely N-dealkylation sites (tertiary alicyclic amines) is 1. The molecule has 0 spiro atoms. The Morgan fingerprint density at radius 3 is 2.04 bits per heavy atom. The van der Waals surface area contributed by atoms with Gasteiger partial charge in [0.1, 0.15) is 9.26 Å². The molecule has 1 aromatic heterocycles. The summed E-state index contributed by atoms with van der Waals surface area (Å²) < 4.78 is 2.34. The minimum Gasteiger partial charge on any atom is -0.478 e. The Kier molecular flexibility index (Phi) is 4.78. The third kappa shape index (κ3) is 3.26. The number of halogens is 1. The second-order valence-corrected chi connectivity index (χ2v) is 7.47. The molecule has 0 aliphatic carbocycles. The maximum absolute atomic E-state index is 11.2. The van der Waals surface area contributed by atoms with Crippen LogP contribution < -0.4 is 0 Å². The molecule has 0 bridgehead atoms. The number of benzene rings is 2. The first-order chi connectivity index (χ1) is 12.6. The van der Waals surface area contributed by atoms with Crippen LogP contribution in [0.15, 0.2) is 66.9 Å². The quantitative estimate of drug-likeness (QED) is 0.590. The zero-order chi connectivity index (χ0) is 18.1. The molecule has 0 saturated carbocycles. The second kappa shape index (κ2) is 7.20. The molecule has 1 saturated heterocycles. The Morgan fingerprint density at radius 2 is 1.58 bits per heavy atom. The minimum atomic E-state index is -0.928. The molecule has 1 aliphatic heterocycles. The highest BCUT2D eigenvalue weighted by Gasteiger charge is 2.36. The summed E-state index contributed by atoms with van der Waals surface area (Å²) in [5.74, 6) is -0.928. The topological polar surface area (TPSA) is 58.4 Å². The fourth-order valence-electron chi connectivity index (χ4n) is 3.45. The van der Waals surface area contributed by atoms with E-state index in [1.807, 2.05) is 34.7 Å². The van der Waals surface area contributed by atoms with Gasteiger partial charge in [-0.15, -0.1) is 0 Å². The van der Waals surface area contributed by atoms with Crippen LogP contribution in [0.4, 0.5) is 0 Å². The first-order valence-corrected chi connectivity index (χ1v) is 9.53. The van der Waals surface area contributed by atoms with Gasteiger partial charge in [-0.1, -0.05) is 60.7 Å². The SMILES string of the molecule is O=C(O)c1cn(C2CN(C(c3ccccc3)c3ccccc3)C2)nc1I. The lowest BCUT2D eigenvalue weighted by Gasteiger charge is -2.44. The van der Waals surface area contributed by atoms with Gasteiger partial charge in [0.05, 0.1) is 12.1 Å². The summed E-state index contributed by atoms with van der Waals surface area (Å²) in [5, 5.41) is 13.6. The van der Waals surface area contributed by atoms with Crippen LogP contribution >= 0.6 is 22.6 Å². The number of rotatable bonds is 5. The summed E-state index contributed by atoms with van der Waals surface area (Å²) in [6, 6.07) is 21.4. The fourth-order valence-corrected chi connectivity index (χ4v) is 4.07. The number of aromatic carboxylic acids is 1. The highest BCUT2D eigenvalue weighted by molar-refractivity contribution is 14.1. The Bertz CT molecular complexity index is 866. The molecule has 26 heavy (non-hydrogen) atoms. The first kappa shape index (κ1) is 17.2. The van der Waals surface area contributed by atoms with Crippen LogP contribution in [-0.2, 0) is 0 Å². The monoisotopic (exact) mass is 459 g/mol. The molecule has 2 aromatic carbocycles. The van der Waals surface area contributed by atoms with Crippen LogP contribution in [0.25, 0.3) is 0 Å². The molecule has 1 fully saturated rings. The van der Waals surface area contributed by atoms with Crippen molar-refractivity contribution in [2.75, 3.05) is 13.1 Å². The van der Waals surface area contributed by atoms with Crippen molar-refractivity contribution < 1.29 is 9.90 Å². The third-order valence-corrected chi connectivity index (χ3v) is 5.57. The standard InChI is InChI=1S/C20H18IN3O2/c21-19-17(20(25)26)13-24(22-19)16-11-23(12-16)18(14-7-3-1-4-8-14)15-9-5-2-6-10-15/h1-10,13,16,18H,11-12H2,(H,25,26). The van der Waals surface area contributed by atoms with Gasteiger partial charge in [0.25, 0.3) is 0 Å². The number of hydrogen-bond donors (Lipinski definition) is 1. The van der Waals surface area contributed by atoms with Gasteiger partial charge in [0, 0.05) is 19.3 Å². The van der Waals surface area contributed by atoms with E-state index in [4.69, 9.17) is 0 Å². The largest absolute Gasteiger partial charge is 0.478 e. The number of hydrogen-bond acceptors (Lipinski definition) is 3. The van der Waals surface area contributed by atoms with E-state index in [1.54, 1.807) is 10.9 Å². The van der Waals surface area contributed by atoms with Gasteiger partial charge in [-0.2, -0.15) is 5.10 Å². The lowest BCUT2D eigenvalue weighted by atomic mass is 9.93. The van der Waals surface area contributed by atoms with Crippen molar-refractivity contribution in [2.24, 2.45) is 0 Å². The maximum atomic E-state index is 11.2. The molecule has 5 nitrogen and oxygen atoms in total. The van der Waals surface area contributed by atoms with Gasteiger partial charge in [0.2, 0.25) is 0 Å². The van der Waals surface area contributed by atoms with Crippen molar-refractivity contribution in [2.45, 2.75) is 12.1 Å². The Labute approximate surface area is 165 Å². The molecule has 3 aromatic rings. The van der Waals surface area contributed by atoms with Crippen molar-refractivity contribution >= 4 is 28.6 Å². The van der Waals surface area contributed by atoms with Gasteiger partial charge in [-0.25, -0.2) is 4.79 Å². The molecule has 0 unspecified atom stereocenters. The number of nitrogens with zero attached hydrogens (tertiary/aromatic N) is 3. The third-order valence-electron chi connectivity index (χ3n) is 4.78. The molecule has 0 radical (unpaired) electrons. The van der Waals surface area contributed by atoms with Crippen LogP contribution in [0, 0.1) is 3.70 Å². The minimum absolute atomic E-state index is 0.197. The summed E-state index contributed by atoms with van der Waals surface area (Å²) in [6.45, 7) is 1.68. The fraction of sp³-hybridized carbons (Fsp3) is 0.200. The number of carboxylic acids is 1. The van der Waals surface area contributed by atoms with Gasteiger partial charge in [0.15, 0.2) is 0 Å². The second-order valence-electron chi connectivity index (χ2n) is 6.45. The molecule has 2 heterocycles. The zero-order valence-corrected chi connectivity index (χ0v) is 16.2. The molecule has 0 amide bonds. The van der Waals surface area contributed by atoms with E-state index in [1.165, 1.54) is 11.1 Å². The molecule has 4 rings (SSSR count). The van der Waals surface area contributed by atoms with Crippen LogP contribution in [0.1, 0.15) is 33.6 Å². The van der Waals surface area contributed by atoms with Crippen molar-refractivity contribution in [1.29, 1.82) is 0 Å². The van der Waals surface area contributed by atoms with Crippen LogP contribution in [0.2, 0.25) is 0 Å². The van der Waals surface area contributed by atoms with Crippen LogP contribution in [0.3, 0.4) is 0 Å². The van der Waals surface area contributed by atoms with E-state index in [2.05, 4.69) is 58.5 Å². The zero-order valence-electron chi connectivity index (χ0n) is 14.0. The van der Waals surface area contributed by atoms with E-state index in [9.17, 15) is 9.90 Å². The van der Waals surface area contributed by atoms with Crippen LogP contribution in [0.5, 0.6) is 0 Å². The van der Waals surface area contributed by atoms with E-state index in [0.717, 1.165) is 13.1 Å². The highest BCUT2D eigenvalue weighted by atomic mass is 127. The van der Waals surface area contributed by atoms with Crippen molar-refractivity contribution in [3.05, 3.63) is 87.3 Å². The summed E-state index contributed by atoms with van der Waals surface area (Å²) in [4.78, 5) is 13.6. The lowest BCUT2D eigenvalue weighted by Crippen LogP contribution is -2.49. The number of carboxylic acid groups (broad SMARTS) is 1. The summed E-state index contributed by atoms with van der Waals surface area (Å²) in [7, 11) is 0. The van der Waals surface area contributed by atoms with Crippen molar-refractivity contribution in [3.8, 4) is 0 Å². The van der Waals surface area contributed by atoms with Crippen molar-refractivity contribution in [3.63, 3.8) is 0 Å². The smallest absolute Gasteiger partial charge is 0.340 e. The summed E-state index contributed by atoms with van der Waals surface area (Å²) in [6.07, 6.45) is 1.64. The van der Waals surface area contributed by atoms with Crippen molar-refractivity contribution in [1.82, 2.24) is 14.7 Å². The summed E-state index contributed by atoms with van der Waals surface area (Å²) in [5.41, 5.74) is 2.79. The molecular weight excluding hydrogens is 441 g/mol. The first-order valence-electron chi connectivity index (χ1n) is 8.45.